The van der Waals surface area contributed by atoms with Gasteiger partial charge in [-0.2, -0.15) is 0 Å². The van der Waals surface area contributed by atoms with Crippen LogP contribution in [0.4, 0.5) is 8.78 Å². The van der Waals surface area contributed by atoms with Gasteiger partial charge in [-0.3, -0.25) is 0 Å². The second-order valence-electron chi connectivity index (χ2n) is 4.16. The van der Waals surface area contributed by atoms with Crippen LogP contribution in [0.1, 0.15) is 17.2 Å². The van der Waals surface area contributed by atoms with Crippen LogP contribution >= 0.6 is 38.5 Å². The molecule has 0 bridgehead atoms. The van der Waals surface area contributed by atoms with E-state index >= 15 is 0 Å². The molecular weight excluding hydrogens is 429 g/mol. The van der Waals surface area contributed by atoms with Crippen LogP contribution in [-0.4, -0.2) is 5.11 Å². The minimum absolute atomic E-state index is 0.160. The Morgan fingerprint density at radius 1 is 1.11 bits per heavy atom. The van der Waals surface area contributed by atoms with Crippen LogP contribution in [0.3, 0.4) is 0 Å². The van der Waals surface area contributed by atoms with Gasteiger partial charge in [-0.15, -0.1) is 0 Å². The summed E-state index contributed by atoms with van der Waals surface area (Å²) in [6.07, 6.45) is -0.654. The number of aliphatic hydroxyl groups is 1. The first-order valence-corrected chi connectivity index (χ1v) is 7.41. The summed E-state index contributed by atoms with van der Waals surface area (Å²) in [7, 11) is 0. The van der Waals surface area contributed by atoms with Crippen LogP contribution in [0.2, 0.25) is 0 Å². The third-order valence-corrected chi connectivity index (χ3v) is 4.06. The minimum Gasteiger partial charge on any atom is -0.388 e. The Morgan fingerprint density at radius 2 is 1.74 bits per heavy atom. The number of benzene rings is 2. The first-order chi connectivity index (χ1) is 8.95. The van der Waals surface area contributed by atoms with Gasteiger partial charge in [0.15, 0.2) is 0 Å². The zero-order valence-electron chi connectivity index (χ0n) is 9.71. The number of halogens is 4. The summed E-state index contributed by atoms with van der Waals surface area (Å²) in [6, 6.07) is 8.86. The zero-order chi connectivity index (χ0) is 14.0. The predicted octanol–water partition coefficient (Wildman–Crippen LogP) is 4.61. The van der Waals surface area contributed by atoms with E-state index in [4.69, 9.17) is 0 Å². The zero-order valence-corrected chi connectivity index (χ0v) is 13.5. The fraction of sp³-hybridized carbons (Fsp3) is 0.143. The van der Waals surface area contributed by atoms with Gasteiger partial charge in [0, 0.05) is 20.5 Å². The maximum Gasteiger partial charge on any atom is 0.126 e. The van der Waals surface area contributed by atoms with Gasteiger partial charge in [0.2, 0.25) is 0 Å². The van der Waals surface area contributed by atoms with E-state index in [-0.39, 0.29) is 6.42 Å². The standard InChI is InChI=1S/C14H10BrF2IO/c15-13-2-1-11(18)7-12(13)14(19)5-8-3-9(16)6-10(17)4-8/h1-4,6-7,14,19H,5H2. The molecule has 19 heavy (non-hydrogen) atoms. The lowest BCUT2D eigenvalue weighted by molar-refractivity contribution is 0.177. The topological polar surface area (TPSA) is 20.2 Å². The lowest BCUT2D eigenvalue weighted by atomic mass is 10.0. The van der Waals surface area contributed by atoms with Gasteiger partial charge >= 0.3 is 0 Å². The molecular formula is C14H10BrF2IO. The molecule has 0 amide bonds. The molecule has 5 heteroatoms. The summed E-state index contributed by atoms with van der Waals surface area (Å²) < 4.78 is 27.9. The van der Waals surface area contributed by atoms with Crippen molar-refractivity contribution in [1.82, 2.24) is 0 Å². The molecule has 0 heterocycles. The van der Waals surface area contributed by atoms with Crippen molar-refractivity contribution in [2.24, 2.45) is 0 Å². The maximum atomic E-state index is 13.1. The molecule has 1 nitrogen and oxygen atoms in total. The van der Waals surface area contributed by atoms with E-state index in [1.807, 2.05) is 18.2 Å². The molecule has 0 aliphatic rings. The van der Waals surface area contributed by atoms with Crippen LogP contribution in [0.15, 0.2) is 40.9 Å². The Bertz CT molecular complexity index is 584. The van der Waals surface area contributed by atoms with Crippen molar-refractivity contribution in [3.8, 4) is 0 Å². The van der Waals surface area contributed by atoms with Crippen molar-refractivity contribution < 1.29 is 13.9 Å². The van der Waals surface area contributed by atoms with E-state index in [2.05, 4.69) is 38.5 Å². The van der Waals surface area contributed by atoms with Crippen molar-refractivity contribution in [3.63, 3.8) is 0 Å². The average Bonchev–Trinajstić information content (AvgIpc) is 2.30. The summed E-state index contributed by atoms with van der Waals surface area (Å²) in [6.45, 7) is 0. The predicted molar refractivity (Wildman–Crippen MR) is 81.9 cm³/mol. The summed E-state index contributed by atoms with van der Waals surface area (Å²) in [5.41, 5.74) is 1.13. The highest BCUT2D eigenvalue weighted by Gasteiger charge is 2.13. The summed E-state index contributed by atoms with van der Waals surface area (Å²) >= 11 is 5.51. The van der Waals surface area contributed by atoms with Gasteiger partial charge < -0.3 is 5.11 Å². The number of hydrogen-bond acceptors (Lipinski definition) is 1. The van der Waals surface area contributed by atoms with E-state index in [1.165, 1.54) is 12.1 Å². The van der Waals surface area contributed by atoms with Crippen molar-refractivity contribution in [2.45, 2.75) is 12.5 Å². The lowest BCUT2D eigenvalue weighted by Gasteiger charge is -2.13. The molecule has 0 fully saturated rings. The Kier molecular flexibility index (Phi) is 4.92. The number of rotatable bonds is 3. The van der Waals surface area contributed by atoms with Crippen molar-refractivity contribution in [2.75, 3.05) is 0 Å². The van der Waals surface area contributed by atoms with Crippen LogP contribution in [-0.2, 0) is 6.42 Å². The molecule has 0 aliphatic carbocycles. The van der Waals surface area contributed by atoms with Crippen LogP contribution in [0, 0.1) is 15.2 Å². The molecule has 0 spiro atoms. The molecule has 1 unspecified atom stereocenters. The SMILES string of the molecule is OC(Cc1cc(F)cc(F)c1)c1cc(I)ccc1Br. The molecule has 0 aromatic heterocycles. The average molecular weight is 439 g/mol. The molecule has 0 saturated heterocycles. The van der Waals surface area contributed by atoms with Gasteiger partial charge in [-0.05, 0) is 64.0 Å². The third-order valence-electron chi connectivity index (χ3n) is 2.67. The molecule has 0 aliphatic heterocycles. The van der Waals surface area contributed by atoms with Crippen LogP contribution < -0.4 is 0 Å². The van der Waals surface area contributed by atoms with Crippen molar-refractivity contribution in [3.05, 3.63) is 67.2 Å². The quantitative estimate of drug-likeness (QED) is 0.694. The number of hydrogen-bond donors (Lipinski definition) is 1. The van der Waals surface area contributed by atoms with E-state index in [0.29, 0.717) is 11.1 Å². The maximum absolute atomic E-state index is 13.1. The van der Waals surface area contributed by atoms with Gasteiger partial charge in [-0.25, -0.2) is 8.78 Å². The Hall–Kier alpha value is -0.530. The second kappa shape index (κ2) is 6.28. The molecule has 2 aromatic rings. The highest BCUT2D eigenvalue weighted by Crippen LogP contribution is 2.28. The van der Waals surface area contributed by atoms with Crippen LogP contribution in [0.5, 0.6) is 0 Å². The van der Waals surface area contributed by atoms with Gasteiger partial charge in [0.25, 0.3) is 0 Å². The molecule has 1 N–H and O–H groups in total. The Labute approximate surface area is 131 Å². The fourth-order valence-corrected chi connectivity index (χ4v) is 2.86. The third kappa shape index (κ3) is 3.97. The summed E-state index contributed by atoms with van der Waals surface area (Å²) in [5.74, 6) is -1.27. The molecule has 100 valence electrons. The largest absolute Gasteiger partial charge is 0.388 e. The minimum atomic E-state index is -0.815. The summed E-state index contributed by atoms with van der Waals surface area (Å²) in [4.78, 5) is 0. The number of aliphatic hydroxyl groups excluding tert-OH is 1. The lowest BCUT2D eigenvalue weighted by Crippen LogP contribution is -2.04. The molecule has 0 radical (unpaired) electrons. The van der Waals surface area contributed by atoms with Crippen molar-refractivity contribution in [1.29, 1.82) is 0 Å². The van der Waals surface area contributed by atoms with E-state index < -0.39 is 17.7 Å². The highest BCUT2D eigenvalue weighted by atomic mass is 127. The van der Waals surface area contributed by atoms with Crippen LogP contribution in [0.25, 0.3) is 0 Å². The van der Waals surface area contributed by atoms with Gasteiger partial charge in [0.05, 0.1) is 6.10 Å². The fourth-order valence-electron chi connectivity index (χ4n) is 1.83. The van der Waals surface area contributed by atoms with E-state index in [1.54, 1.807) is 0 Å². The molecule has 0 saturated carbocycles. The first-order valence-electron chi connectivity index (χ1n) is 5.53. The van der Waals surface area contributed by atoms with Gasteiger partial charge in [-0.1, -0.05) is 15.9 Å². The van der Waals surface area contributed by atoms with E-state index in [0.717, 1.165) is 14.1 Å². The molecule has 2 rings (SSSR count). The second-order valence-corrected chi connectivity index (χ2v) is 6.26. The monoisotopic (exact) mass is 438 g/mol. The summed E-state index contributed by atoms with van der Waals surface area (Å²) in [5, 5.41) is 10.2. The molecule has 2 aromatic carbocycles. The normalized spacial score (nSPS) is 12.5. The molecule has 1 atom stereocenters. The Balaban J connectivity index is 2.25. The van der Waals surface area contributed by atoms with Crippen molar-refractivity contribution >= 4 is 38.5 Å². The first kappa shape index (κ1) is 14.9. The van der Waals surface area contributed by atoms with E-state index in [9.17, 15) is 13.9 Å². The smallest absolute Gasteiger partial charge is 0.126 e. The van der Waals surface area contributed by atoms with Gasteiger partial charge in [0.1, 0.15) is 11.6 Å². The Morgan fingerprint density at radius 3 is 2.37 bits per heavy atom. The highest BCUT2D eigenvalue weighted by molar-refractivity contribution is 14.1.